The maximum atomic E-state index is 13.1. The first-order valence-electron chi connectivity index (χ1n) is 10.0. The minimum absolute atomic E-state index is 0.0316. The maximum Gasteiger partial charge on any atom is 0.242 e. The Morgan fingerprint density at radius 3 is 2.41 bits per heavy atom. The van der Waals surface area contributed by atoms with Gasteiger partial charge in [0.25, 0.3) is 0 Å². The monoisotopic (exact) mass is 474 g/mol. The second-order valence-electron chi connectivity index (χ2n) is 7.42. The number of carbonyl (C=O) groups excluding carboxylic acids is 2. The number of amides is 2. The van der Waals surface area contributed by atoms with Gasteiger partial charge in [0.15, 0.2) is 0 Å². The van der Waals surface area contributed by atoms with Gasteiger partial charge >= 0.3 is 0 Å². The number of benzene rings is 2. The average Bonchev–Trinajstić information content (AvgIpc) is 3.25. The van der Waals surface area contributed by atoms with Crippen LogP contribution in [0.4, 0.5) is 0 Å². The Labute approximate surface area is 185 Å². The molecule has 0 unspecified atom stereocenters. The molecule has 0 saturated heterocycles. The number of hydrogen-bond acceptors (Lipinski definition) is 3. The summed E-state index contributed by atoms with van der Waals surface area (Å²) < 4.78 is 0.991. The van der Waals surface area contributed by atoms with E-state index in [1.807, 2.05) is 61.5 Å². The predicted molar refractivity (Wildman–Crippen MR) is 122 cm³/mol. The van der Waals surface area contributed by atoms with Gasteiger partial charge in [-0.15, -0.1) is 11.8 Å². The van der Waals surface area contributed by atoms with Crippen LogP contribution in [-0.4, -0.2) is 34.6 Å². The van der Waals surface area contributed by atoms with Gasteiger partial charge in [-0.25, -0.2) is 0 Å². The van der Waals surface area contributed by atoms with Crippen molar-refractivity contribution in [2.75, 3.05) is 5.75 Å². The molecule has 1 saturated carbocycles. The molecule has 3 rings (SSSR count). The molecule has 0 aromatic heterocycles. The summed E-state index contributed by atoms with van der Waals surface area (Å²) in [5, 5.41) is 3.14. The van der Waals surface area contributed by atoms with Crippen LogP contribution in [0.3, 0.4) is 0 Å². The molecule has 1 N–H and O–H groups in total. The van der Waals surface area contributed by atoms with Gasteiger partial charge < -0.3 is 10.2 Å². The van der Waals surface area contributed by atoms with Gasteiger partial charge in [-0.2, -0.15) is 0 Å². The molecule has 1 aliphatic carbocycles. The maximum absolute atomic E-state index is 13.1. The lowest BCUT2D eigenvalue weighted by Crippen LogP contribution is -2.50. The third kappa shape index (κ3) is 6.61. The first-order valence-corrected chi connectivity index (χ1v) is 11.8. The quantitative estimate of drug-likeness (QED) is 0.546. The normalized spacial score (nSPS) is 15.1. The molecule has 2 amide bonds. The van der Waals surface area contributed by atoms with Crippen LogP contribution in [0.1, 0.15) is 38.2 Å². The molecule has 2 aromatic carbocycles. The van der Waals surface area contributed by atoms with Crippen LogP contribution in [0.2, 0.25) is 0 Å². The summed E-state index contributed by atoms with van der Waals surface area (Å²) >= 11 is 4.95. The lowest BCUT2D eigenvalue weighted by molar-refractivity contribution is -0.138. The molecule has 1 fully saturated rings. The van der Waals surface area contributed by atoms with E-state index in [2.05, 4.69) is 21.2 Å². The van der Waals surface area contributed by atoms with Crippen molar-refractivity contribution in [3.8, 4) is 0 Å². The Balaban J connectivity index is 1.69. The van der Waals surface area contributed by atoms with Crippen molar-refractivity contribution in [1.82, 2.24) is 10.2 Å². The Kier molecular flexibility index (Phi) is 8.19. The van der Waals surface area contributed by atoms with E-state index in [1.165, 1.54) is 11.8 Å². The SMILES string of the molecule is C[C@@H](C(=O)NC1CCCC1)N(Cc1ccc(Br)cc1)C(=O)CSc1ccccc1. The highest BCUT2D eigenvalue weighted by Gasteiger charge is 2.28. The molecule has 4 nitrogen and oxygen atoms in total. The number of carbonyl (C=O) groups is 2. The minimum atomic E-state index is -0.511. The van der Waals surface area contributed by atoms with Crippen molar-refractivity contribution in [1.29, 1.82) is 0 Å². The Morgan fingerprint density at radius 1 is 1.10 bits per heavy atom. The zero-order valence-electron chi connectivity index (χ0n) is 16.6. The van der Waals surface area contributed by atoms with Crippen molar-refractivity contribution in [3.63, 3.8) is 0 Å². The van der Waals surface area contributed by atoms with E-state index in [-0.39, 0.29) is 17.9 Å². The van der Waals surface area contributed by atoms with Crippen LogP contribution in [0.5, 0.6) is 0 Å². The van der Waals surface area contributed by atoms with E-state index in [0.717, 1.165) is 40.6 Å². The standard InChI is InChI=1S/C23H27BrN2O2S/c1-17(23(28)25-20-7-5-6-8-20)26(15-18-11-13-19(24)14-12-18)22(27)16-29-21-9-3-2-4-10-21/h2-4,9-14,17,20H,5-8,15-16H2,1H3,(H,25,28)/t17-/m0/s1. The fourth-order valence-corrected chi connectivity index (χ4v) is 4.58. The Bertz CT molecular complexity index is 807. The zero-order chi connectivity index (χ0) is 20.6. The molecular formula is C23H27BrN2O2S. The van der Waals surface area contributed by atoms with Crippen molar-refractivity contribution in [2.24, 2.45) is 0 Å². The smallest absolute Gasteiger partial charge is 0.242 e. The fraction of sp³-hybridized carbons (Fsp3) is 0.391. The third-order valence-corrected chi connectivity index (χ3v) is 6.77. The fourth-order valence-electron chi connectivity index (χ4n) is 3.51. The summed E-state index contributed by atoms with van der Waals surface area (Å²) in [4.78, 5) is 28.7. The molecule has 0 aliphatic heterocycles. The zero-order valence-corrected chi connectivity index (χ0v) is 19.0. The summed E-state index contributed by atoms with van der Waals surface area (Å²) in [6.45, 7) is 2.24. The van der Waals surface area contributed by atoms with Gasteiger partial charge in [-0.05, 0) is 49.6 Å². The van der Waals surface area contributed by atoms with E-state index in [0.29, 0.717) is 12.3 Å². The van der Waals surface area contributed by atoms with Crippen molar-refractivity contribution >= 4 is 39.5 Å². The Morgan fingerprint density at radius 2 is 1.76 bits per heavy atom. The molecule has 1 atom stereocenters. The molecule has 0 bridgehead atoms. The van der Waals surface area contributed by atoms with Gasteiger partial charge in [-0.1, -0.05) is 59.1 Å². The molecule has 1 aliphatic rings. The molecule has 154 valence electrons. The lowest BCUT2D eigenvalue weighted by Gasteiger charge is -2.29. The lowest BCUT2D eigenvalue weighted by atomic mass is 10.1. The van der Waals surface area contributed by atoms with Crippen molar-refractivity contribution in [2.45, 2.75) is 56.1 Å². The number of nitrogens with one attached hydrogen (secondary N) is 1. The van der Waals surface area contributed by atoms with E-state index in [1.54, 1.807) is 4.90 Å². The number of thioether (sulfide) groups is 1. The summed E-state index contributed by atoms with van der Waals surface area (Å²) in [5.74, 6) is 0.213. The van der Waals surface area contributed by atoms with Crippen LogP contribution in [0.25, 0.3) is 0 Å². The Hall–Kier alpha value is -1.79. The van der Waals surface area contributed by atoms with Gasteiger partial charge in [0.2, 0.25) is 11.8 Å². The summed E-state index contributed by atoms with van der Waals surface area (Å²) in [6, 6.07) is 17.5. The molecule has 0 spiro atoms. The topological polar surface area (TPSA) is 49.4 Å². The van der Waals surface area contributed by atoms with E-state index < -0.39 is 6.04 Å². The first-order chi connectivity index (χ1) is 14.0. The van der Waals surface area contributed by atoms with Gasteiger partial charge in [0.05, 0.1) is 5.75 Å². The van der Waals surface area contributed by atoms with Crippen molar-refractivity contribution < 1.29 is 9.59 Å². The molecule has 29 heavy (non-hydrogen) atoms. The van der Waals surface area contributed by atoms with Crippen LogP contribution < -0.4 is 5.32 Å². The summed E-state index contributed by atoms with van der Waals surface area (Å²) in [6.07, 6.45) is 4.38. The third-order valence-electron chi connectivity index (χ3n) is 5.24. The molecule has 0 heterocycles. The van der Waals surface area contributed by atoms with Gasteiger partial charge in [-0.3, -0.25) is 9.59 Å². The van der Waals surface area contributed by atoms with Crippen LogP contribution in [0, 0.1) is 0 Å². The van der Waals surface area contributed by atoms with E-state index >= 15 is 0 Å². The van der Waals surface area contributed by atoms with Gasteiger partial charge in [0, 0.05) is 22.0 Å². The molecule has 2 aromatic rings. The molecule has 6 heteroatoms. The largest absolute Gasteiger partial charge is 0.352 e. The van der Waals surface area contributed by atoms with E-state index in [4.69, 9.17) is 0 Å². The summed E-state index contributed by atoms with van der Waals surface area (Å²) in [7, 11) is 0. The van der Waals surface area contributed by atoms with E-state index in [9.17, 15) is 9.59 Å². The van der Waals surface area contributed by atoms with Gasteiger partial charge in [0.1, 0.15) is 6.04 Å². The minimum Gasteiger partial charge on any atom is -0.352 e. The number of nitrogens with zero attached hydrogens (tertiary/aromatic N) is 1. The van der Waals surface area contributed by atoms with Crippen LogP contribution in [-0.2, 0) is 16.1 Å². The number of halogens is 1. The molecule has 0 radical (unpaired) electrons. The highest BCUT2D eigenvalue weighted by atomic mass is 79.9. The highest BCUT2D eigenvalue weighted by Crippen LogP contribution is 2.21. The van der Waals surface area contributed by atoms with Crippen molar-refractivity contribution in [3.05, 3.63) is 64.6 Å². The number of rotatable bonds is 8. The predicted octanol–water partition coefficient (Wildman–Crippen LogP) is 5.02. The molecular weight excluding hydrogens is 448 g/mol. The average molecular weight is 475 g/mol. The second kappa shape index (κ2) is 10.8. The second-order valence-corrected chi connectivity index (χ2v) is 9.38. The van der Waals surface area contributed by atoms with Crippen LogP contribution in [0.15, 0.2) is 64.0 Å². The number of hydrogen-bond donors (Lipinski definition) is 1. The first kappa shape index (κ1) is 21.9. The highest BCUT2D eigenvalue weighted by molar-refractivity contribution is 9.10. The summed E-state index contributed by atoms with van der Waals surface area (Å²) in [5.41, 5.74) is 1.01. The van der Waals surface area contributed by atoms with Crippen LogP contribution >= 0.6 is 27.7 Å².